The Kier molecular flexibility index (Phi) is 5.52. The van der Waals surface area contributed by atoms with E-state index in [4.69, 9.17) is 17.0 Å². The molecule has 0 spiro atoms. The molecule has 2 rings (SSSR count). The molecule has 2 nitrogen and oxygen atoms in total. The Bertz CT molecular complexity index is 602. The topological polar surface area (TPSA) is 21.3 Å². The van der Waals surface area contributed by atoms with Crippen LogP contribution < -0.4 is 10.1 Å². The molecular formula is C18H19NOS. The van der Waals surface area contributed by atoms with E-state index in [0.717, 1.165) is 22.8 Å². The molecule has 0 aromatic heterocycles. The van der Waals surface area contributed by atoms with Crippen LogP contribution in [0.25, 0.3) is 0 Å². The third-order valence-electron chi connectivity index (χ3n) is 3.06. The molecule has 0 bridgehead atoms. The Hall–Kier alpha value is -2.13. The van der Waals surface area contributed by atoms with Gasteiger partial charge in [-0.15, -0.1) is 0 Å². The molecule has 0 radical (unpaired) electrons. The Labute approximate surface area is 131 Å². The van der Waals surface area contributed by atoms with Crippen LogP contribution in [0.3, 0.4) is 0 Å². The highest BCUT2D eigenvalue weighted by molar-refractivity contribution is 7.80. The highest BCUT2D eigenvalue weighted by Crippen LogP contribution is 2.13. The van der Waals surface area contributed by atoms with E-state index in [1.165, 1.54) is 11.1 Å². The molecule has 0 amide bonds. The van der Waals surface area contributed by atoms with Crippen LogP contribution in [0, 0.1) is 6.92 Å². The zero-order valence-corrected chi connectivity index (χ0v) is 13.0. The average Bonchev–Trinajstić information content (AvgIpc) is 2.52. The van der Waals surface area contributed by atoms with E-state index in [2.05, 4.69) is 43.1 Å². The van der Waals surface area contributed by atoms with Gasteiger partial charge in [-0.05, 0) is 36.8 Å². The number of hydrogen-bond donors (Lipinski definition) is 1. The summed E-state index contributed by atoms with van der Waals surface area (Å²) in [5.41, 5.74) is 3.47. The summed E-state index contributed by atoms with van der Waals surface area (Å²) in [5.74, 6) is 0.819. The summed E-state index contributed by atoms with van der Waals surface area (Å²) < 4.78 is 5.45. The summed E-state index contributed by atoms with van der Waals surface area (Å²) in [7, 11) is 0. The van der Waals surface area contributed by atoms with Crippen molar-refractivity contribution in [3.05, 3.63) is 77.9 Å². The second-order valence-electron chi connectivity index (χ2n) is 4.79. The third kappa shape index (κ3) is 4.72. The maximum Gasteiger partial charge on any atom is 0.119 e. The van der Waals surface area contributed by atoms with Crippen molar-refractivity contribution < 1.29 is 4.74 Å². The highest BCUT2D eigenvalue weighted by atomic mass is 32.1. The first-order chi connectivity index (χ1) is 10.2. The lowest BCUT2D eigenvalue weighted by Gasteiger charge is -2.09. The summed E-state index contributed by atoms with van der Waals surface area (Å²) >= 11 is 5.41. The first kappa shape index (κ1) is 15.3. The number of aryl methyl sites for hydroxylation is 1. The van der Waals surface area contributed by atoms with Gasteiger partial charge in [-0.1, -0.05) is 54.7 Å². The Morgan fingerprint density at radius 3 is 2.43 bits per heavy atom. The smallest absolute Gasteiger partial charge is 0.119 e. The minimum Gasteiger partial charge on any atom is -0.490 e. The van der Waals surface area contributed by atoms with Crippen molar-refractivity contribution in [2.75, 3.05) is 6.61 Å². The second-order valence-corrected chi connectivity index (χ2v) is 5.20. The lowest BCUT2D eigenvalue weighted by molar-refractivity contribution is 0.363. The Morgan fingerprint density at radius 1 is 1.14 bits per heavy atom. The fourth-order valence-corrected chi connectivity index (χ4v) is 2.06. The number of thiocarbonyl (C=S) groups is 1. The lowest BCUT2D eigenvalue weighted by Crippen LogP contribution is -2.21. The van der Waals surface area contributed by atoms with E-state index < -0.39 is 0 Å². The van der Waals surface area contributed by atoms with Crippen LogP contribution in [0.4, 0.5) is 0 Å². The molecule has 108 valence electrons. The van der Waals surface area contributed by atoms with Gasteiger partial charge in [0.05, 0.1) is 0 Å². The van der Waals surface area contributed by atoms with Gasteiger partial charge in [-0.25, -0.2) is 0 Å². The molecule has 0 aliphatic carbocycles. The quantitative estimate of drug-likeness (QED) is 0.642. The van der Waals surface area contributed by atoms with Crippen molar-refractivity contribution in [1.82, 2.24) is 5.32 Å². The molecular weight excluding hydrogens is 278 g/mol. The molecule has 1 N–H and O–H groups in total. The van der Waals surface area contributed by atoms with Crippen LogP contribution >= 0.6 is 12.2 Å². The molecule has 3 heteroatoms. The SMILES string of the molecule is C=CCOc1ccc(C(=S)NCc2ccc(C)cc2)cc1. The molecule has 0 unspecified atom stereocenters. The summed E-state index contributed by atoms with van der Waals surface area (Å²) in [5, 5.41) is 3.27. The van der Waals surface area contributed by atoms with Gasteiger partial charge in [0.2, 0.25) is 0 Å². The largest absolute Gasteiger partial charge is 0.490 e. The van der Waals surface area contributed by atoms with E-state index >= 15 is 0 Å². The normalized spacial score (nSPS) is 9.95. The molecule has 0 aliphatic heterocycles. The van der Waals surface area contributed by atoms with Crippen molar-refractivity contribution in [3.8, 4) is 5.75 Å². The molecule has 0 atom stereocenters. The van der Waals surface area contributed by atoms with E-state index in [-0.39, 0.29) is 0 Å². The summed E-state index contributed by atoms with van der Waals surface area (Å²) in [6, 6.07) is 16.2. The number of nitrogens with one attached hydrogen (secondary N) is 1. The van der Waals surface area contributed by atoms with Crippen LogP contribution in [-0.4, -0.2) is 11.6 Å². The third-order valence-corrected chi connectivity index (χ3v) is 3.44. The van der Waals surface area contributed by atoms with E-state index in [1.807, 2.05) is 24.3 Å². The molecule has 2 aromatic rings. The van der Waals surface area contributed by atoms with Gasteiger partial charge in [0, 0.05) is 12.1 Å². The van der Waals surface area contributed by atoms with E-state index in [9.17, 15) is 0 Å². The standard InChI is InChI=1S/C18H19NOS/c1-3-12-20-17-10-8-16(9-11-17)18(21)19-13-15-6-4-14(2)5-7-15/h3-11H,1,12-13H2,2H3,(H,19,21). The van der Waals surface area contributed by atoms with Gasteiger partial charge in [0.15, 0.2) is 0 Å². The molecule has 0 aliphatic rings. The average molecular weight is 297 g/mol. The van der Waals surface area contributed by atoms with Gasteiger partial charge in [0.25, 0.3) is 0 Å². The van der Waals surface area contributed by atoms with Crippen molar-refractivity contribution in [2.45, 2.75) is 13.5 Å². The molecule has 0 saturated carbocycles. The lowest BCUT2D eigenvalue weighted by atomic mass is 10.1. The molecule has 0 fully saturated rings. The predicted molar refractivity (Wildman–Crippen MR) is 91.9 cm³/mol. The summed E-state index contributed by atoms with van der Waals surface area (Å²) in [6.45, 7) is 6.94. The molecule has 0 heterocycles. The fraction of sp³-hybridized carbons (Fsp3) is 0.167. The van der Waals surface area contributed by atoms with Gasteiger partial charge in [0.1, 0.15) is 17.3 Å². The first-order valence-electron chi connectivity index (χ1n) is 6.86. The molecule has 0 saturated heterocycles. The minimum atomic E-state index is 0.509. The zero-order chi connectivity index (χ0) is 15.1. The van der Waals surface area contributed by atoms with Gasteiger partial charge < -0.3 is 10.1 Å². The first-order valence-corrected chi connectivity index (χ1v) is 7.27. The van der Waals surface area contributed by atoms with E-state index in [0.29, 0.717) is 6.61 Å². The molecule has 2 aromatic carbocycles. The van der Waals surface area contributed by atoms with E-state index in [1.54, 1.807) is 6.08 Å². The summed E-state index contributed by atoms with van der Waals surface area (Å²) in [6.07, 6.45) is 1.72. The second kappa shape index (κ2) is 7.60. The van der Waals surface area contributed by atoms with Crippen LogP contribution in [0.2, 0.25) is 0 Å². The maximum absolute atomic E-state index is 5.45. The fourth-order valence-electron chi connectivity index (χ4n) is 1.85. The van der Waals surface area contributed by atoms with Crippen LogP contribution in [-0.2, 0) is 6.54 Å². The van der Waals surface area contributed by atoms with Crippen molar-refractivity contribution in [2.24, 2.45) is 0 Å². The maximum atomic E-state index is 5.45. The minimum absolute atomic E-state index is 0.509. The van der Waals surface area contributed by atoms with Crippen LogP contribution in [0.5, 0.6) is 5.75 Å². The Balaban J connectivity index is 1.90. The Morgan fingerprint density at radius 2 is 1.81 bits per heavy atom. The number of ether oxygens (including phenoxy) is 1. The highest BCUT2D eigenvalue weighted by Gasteiger charge is 2.02. The monoisotopic (exact) mass is 297 g/mol. The summed E-state index contributed by atoms with van der Waals surface area (Å²) in [4.78, 5) is 0.742. The predicted octanol–water partition coefficient (Wildman–Crippen LogP) is 4.03. The van der Waals surface area contributed by atoms with Crippen molar-refractivity contribution >= 4 is 17.2 Å². The van der Waals surface area contributed by atoms with Crippen molar-refractivity contribution in [3.63, 3.8) is 0 Å². The van der Waals surface area contributed by atoms with Crippen LogP contribution in [0.15, 0.2) is 61.2 Å². The van der Waals surface area contributed by atoms with Gasteiger partial charge >= 0.3 is 0 Å². The van der Waals surface area contributed by atoms with Gasteiger partial charge in [-0.3, -0.25) is 0 Å². The number of rotatable bonds is 6. The zero-order valence-electron chi connectivity index (χ0n) is 12.1. The van der Waals surface area contributed by atoms with Crippen LogP contribution in [0.1, 0.15) is 16.7 Å². The number of benzene rings is 2. The van der Waals surface area contributed by atoms with Gasteiger partial charge in [-0.2, -0.15) is 0 Å². The van der Waals surface area contributed by atoms with Crippen molar-refractivity contribution in [1.29, 1.82) is 0 Å². The number of hydrogen-bond acceptors (Lipinski definition) is 2. The molecule has 21 heavy (non-hydrogen) atoms.